The summed E-state index contributed by atoms with van der Waals surface area (Å²) in [5, 5.41) is 7.58. The van der Waals surface area contributed by atoms with Crippen LogP contribution in [0.15, 0.2) is 0 Å². The third kappa shape index (κ3) is 5.11. The molecule has 18 heavy (non-hydrogen) atoms. The maximum absolute atomic E-state index is 5.71. The molecule has 2 fully saturated rings. The molecule has 4 heteroatoms. The number of thiocarbonyl (C=S) groups is 1. The highest BCUT2D eigenvalue weighted by Gasteiger charge is 2.15. The Bertz CT molecular complexity index is 248. The fourth-order valence-corrected chi connectivity index (χ4v) is 3.13. The smallest absolute Gasteiger partial charge is 0.166 e. The monoisotopic (exact) mass is 270 g/mol. The van der Waals surface area contributed by atoms with Crippen molar-refractivity contribution < 1.29 is 4.74 Å². The van der Waals surface area contributed by atoms with Crippen LogP contribution in [-0.2, 0) is 4.74 Å². The topological polar surface area (TPSA) is 33.3 Å². The molecule has 1 unspecified atom stereocenters. The van der Waals surface area contributed by atoms with Gasteiger partial charge in [-0.1, -0.05) is 19.3 Å². The third-order valence-electron chi connectivity index (χ3n) is 3.97. The summed E-state index contributed by atoms with van der Waals surface area (Å²) in [5.74, 6) is 0. The first-order chi connectivity index (χ1) is 8.84. The second kappa shape index (κ2) is 7.95. The van der Waals surface area contributed by atoms with Crippen molar-refractivity contribution in [3.8, 4) is 0 Å². The van der Waals surface area contributed by atoms with Crippen molar-refractivity contribution in [1.29, 1.82) is 0 Å². The van der Waals surface area contributed by atoms with Gasteiger partial charge < -0.3 is 15.4 Å². The Morgan fingerprint density at radius 1 is 1.06 bits per heavy atom. The summed E-state index contributed by atoms with van der Waals surface area (Å²) < 4.78 is 5.71. The molecule has 3 nitrogen and oxygen atoms in total. The maximum atomic E-state index is 5.71. The van der Waals surface area contributed by atoms with Crippen LogP contribution in [-0.4, -0.2) is 30.4 Å². The van der Waals surface area contributed by atoms with Gasteiger partial charge in [-0.05, 0) is 50.7 Å². The quantitative estimate of drug-likeness (QED) is 0.770. The van der Waals surface area contributed by atoms with Crippen LogP contribution in [0.2, 0.25) is 0 Å². The molecule has 0 amide bonds. The van der Waals surface area contributed by atoms with Crippen LogP contribution in [0.5, 0.6) is 0 Å². The van der Waals surface area contributed by atoms with Gasteiger partial charge >= 0.3 is 0 Å². The summed E-state index contributed by atoms with van der Waals surface area (Å²) in [6, 6.07) is 0.602. The van der Waals surface area contributed by atoms with E-state index in [0.29, 0.717) is 12.1 Å². The lowest BCUT2D eigenvalue weighted by Gasteiger charge is -2.25. The van der Waals surface area contributed by atoms with Crippen LogP contribution in [0.25, 0.3) is 0 Å². The van der Waals surface area contributed by atoms with E-state index < -0.39 is 0 Å². The predicted octanol–water partition coefficient (Wildman–Crippen LogP) is 2.74. The van der Waals surface area contributed by atoms with Crippen molar-refractivity contribution >= 4 is 17.3 Å². The fourth-order valence-electron chi connectivity index (χ4n) is 2.87. The predicted molar refractivity (Wildman–Crippen MR) is 78.8 cm³/mol. The summed E-state index contributed by atoms with van der Waals surface area (Å²) in [7, 11) is 0. The molecule has 1 saturated heterocycles. The molecule has 1 aliphatic carbocycles. The molecule has 0 aromatic carbocycles. The first-order valence-corrected chi connectivity index (χ1v) is 7.91. The van der Waals surface area contributed by atoms with Crippen LogP contribution in [0.1, 0.15) is 57.8 Å². The van der Waals surface area contributed by atoms with E-state index >= 15 is 0 Å². The molecule has 104 valence electrons. The summed E-state index contributed by atoms with van der Waals surface area (Å²) in [6.07, 6.45) is 11.9. The molecule has 0 spiro atoms. The van der Waals surface area contributed by atoms with E-state index in [1.54, 1.807) is 0 Å². The molecule has 2 rings (SSSR count). The lowest BCUT2D eigenvalue weighted by atomic mass is 9.96. The molecule has 1 heterocycles. The van der Waals surface area contributed by atoms with E-state index in [-0.39, 0.29) is 0 Å². The van der Waals surface area contributed by atoms with Gasteiger partial charge in [0.1, 0.15) is 0 Å². The highest BCUT2D eigenvalue weighted by molar-refractivity contribution is 7.80. The van der Waals surface area contributed by atoms with Gasteiger partial charge in [-0.25, -0.2) is 0 Å². The van der Waals surface area contributed by atoms with Crippen molar-refractivity contribution in [1.82, 2.24) is 10.6 Å². The average Bonchev–Trinajstić information content (AvgIpc) is 2.41. The molecule has 2 aliphatic rings. The molecular formula is C14H26N2OS. The summed E-state index contributed by atoms with van der Waals surface area (Å²) in [4.78, 5) is 0. The minimum absolute atomic E-state index is 0.448. The van der Waals surface area contributed by atoms with Gasteiger partial charge in [0, 0.05) is 19.2 Å². The lowest BCUT2D eigenvalue weighted by Crippen LogP contribution is -2.43. The summed E-state index contributed by atoms with van der Waals surface area (Å²) in [5.41, 5.74) is 0. The van der Waals surface area contributed by atoms with E-state index in [9.17, 15) is 0 Å². The first kappa shape index (κ1) is 14.1. The SMILES string of the molecule is S=C(NCCC1CCCCO1)NC1CCCCC1. The van der Waals surface area contributed by atoms with Gasteiger partial charge in [0.05, 0.1) is 6.10 Å². The largest absolute Gasteiger partial charge is 0.378 e. The van der Waals surface area contributed by atoms with Gasteiger partial charge in [0.25, 0.3) is 0 Å². The molecule has 1 atom stereocenters. The number of rotatable bonds is 4. The number of ether oxygens (including phenoxy) is 1. The molecule has 1 saturated carbocycles. The zero-order valence-electron chi connectivity index (χ0n) is 11.2. The highest BCUT2D eigenvalue weighted by Crippen LogP contribution is 2.17. The normalized spacial score (nSPS) is 25.7. The molecule has 0 bridgehead atoms. The van der Waals surface area contributed by atoms with Crippen LogP contribution >= 0.6 is 12.2 Å². The molecule has 0 radical (unpaired) electrons. The van der Waals surface area contributed by atoms with Gasteiger partial charge in [-0.2, -0.15) is 0 Å². The van der Waals surface area contributed by atoms with Crippen LogP contribution in [0, 0.1) is 0 Å². The van der Waals surface area contributed by atoms with Crippen molar-refractivity contribution in [3.05, 3.63) is 0 Å². The third-order valence-corrected chi connectivity index (χ3v) is 4.23. The fraction of sp³-hybridized carbons (Fsp3) is 0.929. The second-order valence-electron chi connectivity index (χ2n) is 5.51. The van der Waals surface area contributed by atoms with Gasteiger partial charge in [-0.3, -0.25) is 0 Å². The first-order valence-electron chi connectivity index (χ1n) is 7.50. The Kier molecular flexibility index (Phi) is 6.21. The Hall–Kier alpha value is -0.350. The van der Waals surface area contributed by atoms with Gasteiger partial charge in [0.2, 0.25) is 0 Å². The van der Waals surface area contributed by atoms with Gasteiger partial charge in [-0.15, -0.1) is 0 Å². The van der Waals surface area contributed by atoms with Gasteiger partial charge in [0.15, 0.2) is 5.11 Å². The van der Waals surface area contributed by atoms with E-state index in [1.165, 1.54) is 51.4 Å². The molecular weight excluding hydrogens is 244 g/mol. The number of hydrogen-bond donors (Lipinski definition) is 2. The van der Waals surface area contributed by atoms with E-state index in [0.717, 1.165) is 24.7 Å². The maximum Gasteiger partial charge on any atom is 0.166 e. The Morgan fingerprint density at radius 3 is 2.56 bits per heavy atom. The Balaban J connectivity index is 1.53. The standard InChI is InChI=1S/C14H26N2OS/c18-14(16-12-6-2-1-3-7-12)15-10-9-13-8-4-5-11-17-13/h12-13H,1-11H2,(H2,15,16,18). The Labute approximate surface area is 116 Å². The lowest BCUT2D eigenvalue weighted by molar-refractivity contribution is 0.0122. The minimum Gasteiger partial charge on any atom is -0.378 e. The second-order valence-corrected chi connectivity index (χ2v) is 5.92. The van der Waals surface area contributed by atoms with Crippen molar-refractivity contribution in [2.45, 2.75) is 69.9 Å². The average molecular weight is 270 g/mol. The van der Waals surface area contributed by atoms with Crippen LogP contribution in [0.3, 0.4) is 0 Å². The zero-order chi connectivity index (χ0) is 12.6. The number of nitrogens with one attached hydrogen (secondary N) is 2. The Morgan fingerprint density at radius 2 is 1.83 bits per heavy atom. The molecule has 1 aliphatic heterocycles. The summed E-state index contributed by atoms with van der Waals surface area (Å²) >= 11 is 5.34. The van der Waals surface area contributed by atoms with E-state index in [2.05, 4.69) is 10.6 Å². The summed E-state index contributed by atoms with van der Waals surface area (Å²) in [6.45, 7) is 1.87. The molecule has 0 aromatic rings. The van der Waals surface area contributed by atoms with Crippen molar-refractivity contribution in [3.63, 3.8) is 0 Å². The molecule has 0 aromatic heterocycles. The van der Waals surface area contributed by atoms with Crippen molar-refractivity contribution in [2.75, 3.05) is 13.2 Å². The zero-order valence-corrected chi connectivity index (χ0v) is 12.1. The van der Waals surface area contributed by atoms with Crippen molar-refractivity contribution in [2.24, 2.45) is 0 Å². The van der Waals surface area contributed by atoms with E-state index in [4.69, 9.17) is 17.0 Å². The van der Waals surface area contributed by atoms with E-state index in [1.807, 2.05) is 0 Å². The molecule has 2 N–H and O–H groups in total. The van der Waals surface area contributed by atoms with Crippen LogP contribution in [0.4, 0.5) is 0 Å². The number of hydrogen-bond acceptors (Lipinski definition) is 2. The minimum atomic E-state index is 0.448. The van der Waals surface area contributed by atoms with Crippen LogP contribution < -0.4 is 10.6 Å². The highest BCUT2D eigenvalue weighted by atomic mass is 32.1.